The summed E-state index contributed by atoms with van der Waals surface area (Å²) in [6.45, 7) is 4.01. The second-order valence-electron chi connectivity index (χ2n) is 8.40. The molecule has 0 saturated heterocycles. The number of nitrogens with zero attached hydrogens (tertiary/aromatic N) is 1. The number of halogens is 1. The van der Waals surface area contributed by atoms with Crippen molar-refractivity contribution >= 4 is 44.6 Å². The van der Waals surface area contributed by atoms with Gasteiger partial charge in [0, 0.05) is 24.6 Å². The molecule has 2 aromatic rings. The third-order valence-corrected chi connectivity index (χ3v) is 8.32. The van der Waals surface area contributed by atoms with Gasteiger partial charge in [0.1, 0.15) is 0 Å². The van der Waals surface area contributed by atoms with E-state index in [1.807, 2.05) is 13.0 Å². The maximum atomic E-state index is 13.1. The summed E-state index contributed by atoms with van der Waals surface area (Å²) in [5, 5.41) is 2.20. The maximum absolute atomic E-state index is 13.1. The van der Waals surface area contributed by atoms with Crippen molar-refractivity contribution in [3.8, 4) is 0 Å². The molecule has 1 atom stereocenters. The van der Waals surface area contributed by atoms with Crippen LogP contribution < -0.4 is 10.2 Å². The number of fused-ring (bicyclic) bond motifs is 1. The van der Waals surface area contributed by atoms with Crippen LogP contribution in [0.4, 0.5) is 11.4 Å². The highest BCUT2D eigenvalue weighted by molar-refractivity contribution is 7.92. The predicted molar refractivity (Wildman–Crippen MR) is 121 cm³/mol. The number of carbonyl (C=O) groups is 2. The zero-order valence-corrected chi connectivity index (χ0v) is 19.1. The van der Waals surface area contributed by atoms with Crippen molar-refractivity contribution in [2.24, 2.45) is 5.92 Å². The molecule has 0 spiro atoms. The second-order valence-corrected chi connectivity index (χ2v) is 11.2. The molecule has 0 unspecified atom stereocenters. The average molecular weight is 461 g/mol. The Labute approximate surface area is 187 Å². The summed E-state index contributed by atoms with van der Waals surface area (Å²) in [4.78, 5) is 26.8. The van der Waals surface area contributed by atoms with Crippen molar-refractivity contribution in [2.45, 2.75) is 49.7 Å². The smallest absolute Gasteiger partial charge is 0.230 e. The first-order chi connectivity index (χ1) is 14.7. The average Bonchev–Trinajstić information content (AvgIpc) is 3.48. The number of aryl methyl sites for hydroxylation is 1. The van der Waals surface area contributed by atoms with Crippen LogP contribution in [0, 0.1) is 12.8 Å². The molecule has 4 rings (SSSR count). The lowest BCUT2D eigenvalue weighted by Gasteiger charge is -2.18. The van der Waals surface area contributed by atoms with Gasteiger partial charge in [-0.25, -0.2) is 8.42 Å². The number of sulfone groups is 1. The van der Waals surface area contributed by atoms with Crippen LogP contribution in [0.2, 0.25) is 5.02 Å². The summed E-state index contributed by atoms with van der Waals surface area (Å²) >= 11 is 6.15. The van der Waals surface area contributed by atoms with Crippen molar-refractivity contribution in [3.05, 3.63) is 52.5 Å². The Bertz CT molecular complexity index is 1160. The van der Waals surface area contributed by atoms with E-state index in [9.17, 15) is 18.0 Å². The van der Waals surface area contributed by atoms with Gasteiger partial charge in [0.2, 0.25) is 11.8 Å². The number of hydrogen-bond acceptors (Lipinski definition) is 4. The maximum Gasteiger partial charge on any atom is 0.230 e. The van der Waals surface area contributed by atoms with Gasteiger partial charge in [0.25, 0.3) is 0 Å². The van der Waals surface area contributed by atoms with Gasteiger partial charge in [-0.1, -0.05) is 17.7 Å². The highest BCUT2D eigenvalue weighted by Crippen LogP contribution is 2.37. The summed E-state index contributed by atoms with van der Waals surface area (Å²) in [6.07, 6.45) is 2.32. The zero-order valence-electron chi connectivity index (χ0n) is 17.5. The lowest BCUT2D eigenvalue weighted by atomic mass is 10.2. The third-order valence-electron chi connectivity index (χ3n) is 5.87. The van der Waals surface area contributed by atoms with E-state index in [1.54, 1.807) is 29.2 Å². The predicted octanol–water partition coefficient (Wildman–Crippen LogP) is 4.14. The quantitative estimate of drug-likeness (QED) is 0.702. The molecule has 0 aromatic heterocycles. The third kappa shape index (κ3) is 4.48. The van der Waals surface area contributed by atoms with E-state index in [4.69, 9.17) is 11.6 Å². The van der Waals surface area contributed by atoms with Gasteiger partial charge < -0.3 is 10.2 Å². The molecule has 1 N–H and O–H groups in total. The molecule has 2 amide bonds. The van der Waals surface area contributed by atoms with Crippen LogP contribution in [0.15, 0.2) is 41.3 Å². The molecule has 1 saturated carbocycles. The lowest BCUT2D eigenvalue weighted by molar-refractivity contribution is -0.119. The summed E-state index contributed by atoms with van der Waals surface area (Å²) in [5.74, 6) is -0.159. The highest BCUT2D eigenvalue weighted by atomic mass is 35.5. The van der Waals surface area contributed by atoms with Crippen molar-refractivity contribution in [2.75, 3.05) is 16.8 Å². The van der Waals surface area contributed by atoms with Crippen LogP contribution >= 0.6 is 11.6 Å². The van der Waals surface area contributed by atoms with Gasteiger partial charge in [-0.05, 0) is 74.6 Å². The molecular weight excluding hydrogens is 436 g/mol. The zero-order chi connectivity index (χ0) is 22.3. The first-order valence-electron chi connectivity index (χ1n) is 10.4. The Morgan fingerprint density at radius 2 is 1.94 bits per heavy atom. The van der Waals surface area contributed by atoms with Gasteiger partial charge >= 0.3 is 0 Å². The van der Waals surface area contributed by atoms with Crippen LogP contribution in [0.3, 0.4) is 0 Å². The minimum atomic E-state index is -3.70. The fourth-order valence-corrected chi connectivity index (χ4v) is 5.54. The van der Waals surface area contributed by atoms with Crippen LogP contribution in [-0.4, -0.2) is 32.0 Å². The lowest BCUT2D eigenvalue weighted by Crippen LogP contribution is -2.30. The first kappa shape index (κ1) is 21.8. The minimum absolute atomic E-state index is 0.120. The molecule has 164 valence electrons. The summed E-state index contributed by atoms with van der Waals surface area (Å²) in [5.41, 5.74) is 3.08. The van der Waals surface area contributed by atoms with Crippen LogP contribution in [-0.2, 0) is 25.8 Å². The van der Waals surface area contributed by atoms with Crippen molar-refractivity contribution in [1.82, 2.24) is 0 Å². The molecule has 6 nitrogen and oxygen atoms in total. The number of hydrogen-bond donors (Lipinski definition) is 1. The number of rotatable bonds is 6. The number of anilines is 2. The molecule has 0 radical (unpaired) electrons. The Hall–Kier alpha value is -2.38. The van der Waals surface area contributed by atoms with Gasteiger partial charge in [-0.15, -0.1) is 0 Å². The SMILES string of the molecule is Cc1ccc(NC(=O)C[C@H](C)S(=O)(=O)c2ccc3c(c2)CCN3C(=O)C2CC2)c(Cl)c1. The molecule has 1 aliphatic carbocycles. The summed E-state index contributed by atoms with van der Waals surface area (Å²) in [7, 11) is -3.70. The molecule has 1 heterocycles. The van der Waals surface area contributed by atoms with Crippen molar-refractivity contribution < 1.29 is 18.0 Å². The van der Waals surface area contributed by atoms with E-state index in [-0.39, 0.29) is 23.1 Å². The topological polar surface area (TPSA) is 83.6 Å². The Morgan fingerprint density at radius 3 is 2.61 bits per heavy atom. The van der Waals surface area contributed by atoms with E-state index in [1.165, 1.54) is 13.0 Å². The monoisotopic (exact) mass is 460 g/mol. The van der Waals surface area contributed by atoms with Gasteiger partial charge in [0.15, 0.2) is 9.84 Å². The van der Waals surface area contributed by atoms with Gasteiger partial charge in [-0.2, -0.15) is 0 Å². The second kappa shape index (κ2) is 8.28. The Balaban J connectivity index is 1.46. The minimum Gasteiger partial charge on any atom is -0.325 e. The molecule has 31 heavy (non-hydrogen) atoms. The Morgan fingerprint density at radius 1 is 1.19 bits per heavy atom. The molecule has 8 heteroatoms. The fourth-order valence-electron chi connectivity index (χ4n) is 3.86. The number of carbonyl (C=O) groups excluding carboxylic acids is 2. The summed E-state index contributed by atoms with van der Waals surface area (Å²) in [6, 6.07) is 10.2. The van der Waals surface area contributed by atoms with Crippen LogP contribution in [0.5, 0.6) is 0 Å². The first-order valence-corrected chi connectivity index (χ1v) is 12.3. The van der Waals surface area contributed by atoms with Gasteiger partial charge in [0.05, 0.1) is 20.9 Å². The van der Waals surface area contributed by atoms with Crippen molar-refractivity contribution in [1.29, 1.82) is 0 Å². The molecule has 2 aliphatic rings. The highest BCUT2D eigenvalue weighted by Gasteiger charge is 2.37. The largest absolute Gasteiger partial charge is 0.325 e. The Kier molecular flexibility index (Phi) is 5.83. The molecular formula is C23H25ClN2O4S. The van der Waals surface area contributed by atoms with Crippen molar-refractivity contribution in [3.63, 3.8) is 0 Å². The number of benzene rings is 2. The molecule has 2 aromatic carbocycles. The van der Waals surface area contributed by atoms with E-state index in [0.29, 0.717) is 23.7 Å². The van der Waals surface area contributed by atoms with E-state index in [2.05, 4.69) is 5.32 Å². The molecule has 1 fully saturated rings. The fraction of sp³-hybridized carbons (Fsp3) is 0.391. The summed E-state index contributed by atoms with van der Waals surface area (Å²) < 4.78 is 26.2. The van der Waals surface area contributed by atoms with Crippen LogP contribution in [0.25, 0.3) is 0 Å². The van der Waals surface area contributed by atoms with Gasteiger partial charge in [-0.3, -0.25) is 9.59 Å². The molecule has 0 bridgehead atoms. The number of nitrogens with one attached hydrogen (secondary N) is 1. The van der Waals surface area contributed by atoms with E-state index in [0.717, 1.165) is 29.7 Å². The number of amides is 2. The van der Waals surface area contributed by atoms with E-state index < -0.39 is 21.0 Å². The van der Waals surface area contributed by atoms with E-state index >= 15 is 0 Å². The van der Waals surface area contributed by atoms with Crippen LogP contribution in [0.1, 0.15) is 37.3 Å². The normalized spacial score (nSPS) is 16.7. The molecule has 1 aliphatic heterocycles. The standard InChI is InChI=1S/C23H25ClN2O4S/c1-14-3-7-20(19(24)11-14)25-22(27)12-15(2)31(29,30)18-6-8-21-17(13-18)9-10-26(21)23(28)16-4-5-16/h3,6-8,11,13,15-16H,4-5,9-10,12H2,1-2H3,(H,25,27)/t15-/m0/s1.